The van der Waals surface area contributed by atoms with E-state index in [2.05, 4.69) is 33.0 Å². The topological polar surface area (TPSA) is 56.3 Å². The quantitative estimate of drug-likeness (QED) is 0.852. The van der Waals surface area contributed by atoms with Crippen molar-refractivity contribution in [1.29, 1.82) is 5.26 Å². The van der Waals surface area contributed by atoms with Crippen molar-refractivity contribution in [3.8, 4) is 6.07 Å². The lowest BCUT2D eigenvalue weighted by molar-refractivity contribution is 0.245. The molecule has 4 rings (SSSR count). The van der Waals surface area contributed by atoms with Crippen molar-refractivity contribution in [3.05, 3.63) is 46.4 Å². The fourth-order valence-corrected chi connectivity index (χ4v) is 3.20. The van der Waals surface area contributed by atoms with Crippen LogP contribution in [0.2, 0.25) is 5.02 Å². The molecule has 0 N–H and O–H groups in total. The van der Waals surface area contributed by atoms with Gasteiger partial charge in [0.05, 0.1) is 0 Å². The average molecular weight is 343 g/mol. The Labute approximate surface area is 146 Å². The summed E-state index contributed by atoms with van der Waals surface area (Å²) in [5.74, 6) is 1.83. The number of nitriles is 1. The molecule has 1 aliphatic heterocycles. The van der Waals surface area contributed by atoms with Gasteiger partial charge in [0.15, 0.2) is 0 Å². The lowest BCUT2D eigenvalue weighted by atomic mass is 10.2. The molecule has 1 saturated heterocycles. The lowest BCUT2D eigenvalue weighted by Crippen LogP contribution is -2.46. The average Bonchev–Trinajstić information content (AvgIpc) is 3.37. The highest BCUT2D eigenvalue weighted by Crippen LogP contribution is 2.41. The number of aromatic nitrogens is 1. The first-order chi connectivity index (χ1) is 11.7. The third kappa shape index (κ3) is 3.26. The summed E-state index contributed by atoms with van der Waals surface area (Å²) in [7, 11) is 0. The van der Waals surface area contributed by atoms with Crippen LogP contribution in [0.3, 0.4) is 0 Å². The third-order valence-electron chi connectivity index (χ3n) is 4.64. The number of oxazole rings is 1. The minimum Gasteiger partial charge on any atom is -0.423 e. The molecule has 1 saturated carbocycles. The fraction of sp³-hybridized carbons (Fsp3) is 0.444. The number of benzene rings is 1. The lowest BCUT2D eigenvalue weighted by Gasteiger charge is -2.34. The van der Waals surface area contributed by atoms with Gasteiger partial charge in [-0.3, -0.25) is 4.90 Å². The summed E-state index contributed by atoms with van der Waals surface area (Å²) in [5, 5.41) is 10.1. The molecule has 1 aromatic carbocycles. The molecule has 2 aromatic rings. The van der Waals surface area contributed by atoms with E-state index in [0.29, 0.717) is 17.5 Å². The van der Waals surface area contributed by atoms with Gasteiger partial charge in [0, 0.05) is 43.7 Å². The number of rotatable bonds is 4. The molecule has 1 aromatic heterocycles. The van der Waals surface area contributed by atoms with Crippen LogP contribution in [0.1, 0.15) is 35.9 Å². The van der Waals surface area contributed by atoms with Crippen LogP contribution in [0, 0.1) is 11.3 Å². The molecular formula is C18H19ClN4O. The van der Waals surface area contributed by atoms with Gasteiger partial charge in [-0.25, -0.2) is 4.98 Å². The predicted octanol–water partition coefficient (Wildman–Crippen LogP) is 3.40. The standard InChI is InChI=1S/C18H19ClN4O/c19-15-5-1-13(2-6-15)12-22-7-9-23(10-8-22)18-16(11-20)21-17(24-18)14-3-4-14/h1-2,5-6,14H,3-4,7-10,12H2. The summed E-state index contributed by atoms with van der Waals surface area (Å²) >= 11 is 5.94. The van der Waals surface area contributed by atoms with Gasteiger partial charge in [0.2, 0.25) is 17.5 Å². The van der Waals surface area contributed by atoms with Crippen LogP contribution in [0.5, 0.6) is 0 Å². The highest BCUT2D eigenvalue weighted by atomic mass is 35.5. The molecule has 6 heteroatoms. The number of piperazine rings is 1. The van der Waals surface area contributed by atoms with Crippen LogP contribution in [0.25, 0.3) is 0 Å². The van der Waals surface area contributed by atoms with Gasteiger partial charge < -0.3 is 9.32 Å². The second kappa shape index (κ2) is 6.46. The molecule has 0 atom stereocenters. The molecule has 0 spiro atoms. The highest BCUT2D eigenvalue weighted by molar-refractivity contribution is 6.30. The normalized spacial score (nSPS) is 18.6. The summed E-state index contributed by atoms with van der Waals surface area (Å²) in [5.41, 5.74) is 1.70. The van der Waals surface area contributed by atoms with E-state index in [1.54, 1.807) is 0 Å². The third-order valence-corrected chi connectivity index (χ3v) is 4.89. The maximum absolute atomic E-state index is 9.31. The van der Waals surface area contributed by atoms with Crippen LogP contribution in [0.4, 0.5) is 5.88 Å². The summed E-state index contributed by atoms with van der Waals surface area (Å²) < 4.78 is 5.89. The van der Waals surface area contributed by atoms with Gasteiger partial charge in [0.25, 0.3) is 0 Å². The maximum atomic E-state index is 9.31. The van der Waals surface area contributed by atoms with Crippen LogP contribution in [-0.2, 0) is 6.54 Å². The molecule has 5 nitrogen and oxygen atoms in total. The first kappa shape index (κ1) is 15.5. The Morgan fingerprint density at radius 1 is 1.17 bits per heavy atom. The zero-order valence-electron chi connectivity index (χ0n) is 13.4. The minimum absolute atomic E-state index is 0.428. The zero-order chi connectivity index (χ0) is 16.5. The van der Waals surface area contributed by atoms with Gasteiger partial charge in [-0.2, -0.15) is 5.26 Å². The summed E-state index contributed by atoms with van der Waals surface area (Å²) in [6, 6.07) is 10.2. The van der Waals surface area contributed by atoms with E-state index in [9.17, 15) is 5.26 Å². The largest absolute Gasteiger partial charge is 0.423 e. The molecular weight excluding hydrogens is 324 g/mol. The van der Waals surface area contributed by atoms with Crippen LogP contribution in [0.15, 0.2) is 28.7 Å². The Hall–Kier alpha value is -2.03. The fourth-order valence-electron chi connectivity index (χ4n) is 3.08. The van der Waals surface area contributed by atoms with Crippen molar-refractivity contribution in [2.24, 2.45) is 0 Å². The van der Waals surface area contributed by atoms with E-state index in [1.165, 1.54) is 5.56 Å². The van der Waals surface area contributed by atoms with Crippen LogP contribution < -0.4 is 4.90 Å². The SMILES string of the molecule is N#Cc1nc(C2CC2)oc1N1CCN(Cc2ccc(Cl)cc2)CC1. The molecule has 0 bridgehead atoms. The van der Waals surface area contributed by atoms with E-state index < -0.39 is 0 Å². The van der Waals surface area contributed by atoms with Gasteiger partial charge in [-0.15, -0.1) is 0 Å². The van der Waals surface area contributed by atoms with Crippen LogP contribution >= 0.6 is 11.6 Å². The van der Waals surface area contributed by atoms with E-state index in [4.69, 9.17) is 16.0 Å². The predicted molar refractivity (Wildman–Crippen MR) is 92.1 cm³/mol. The van der Waals surface area contributed by atoms with Crippen molar-refractivity contribution >= 4 is 17.5 Å². The Morgan fingerprint density at radius 3 is 2.50 bits per heavy atom. The van der Waals surface area contributed by atoms with Gasteiger partial charge in [-0.1, -0.05) is 23.7 Å². The Balaban J connectivity index is 1.39. The summed E-state index contributed by atoms with van der Waals surface area (Å²) in [6.45, 7) is 4.49. The number of hydrogen-bond acceptors (Lipinski definition) is 5. The van der Waals surface area contributed by atoms with E-state index >= 15 is 0 Å². The van der Waals surface area contributed by atoms with Crippen molar-refractivity contribution in [3.63, 3.8) is 0 Å². The van der Waals surface area contributed by atoms with Crippen molar-refractivity contribution in [1.82, 2.24) is 9.88 Å². The molecule has 0 amide bonds. The van der Waals surface area contributed by atoms with Crippen molar-refractivity contribution in [2.45, 2.75) is 25.3 Å². The summed E-state index contributed by atoms with van der Waals surface area (Å²) in [6.07, 6.45) is 2.25. The Bertz CT molecular complexity index is 752. The van der Waals surface area contributed by atoms with Crippen molar-refractivity contribution < 1.29 is 4.42 Å². The molecule has 124 valence electrons. The first-order valence-electron chi connectivity index (χ1n) is 8.35. The second-order valence-corrected chi connectivity index (χ2v) is 6.92. The maximum Gasteiger partial charge on any atom is 0.234 e. The number of nitrogens with zero attached hydrogens (tertiary/aromatic N) is 4. The number of halogens is 1. The van der Waals surface area contributed by atoms with Gasteiger partial charge in [-0.05, 0) is 30.5 Å². The summed E-state index contributed by atoms with van der Waals surface area (Å²) in [4.78, 5) is 8.92. The van der Waals surface area contributed by atoms with Gasteiger partial charge in [0.1, 0.15) is 6.07 Å². The molecule has 2 heterocycles. The molecule has 2 aliphatic rings. The van der Waals surface area contributed by atoms with Crippen molar-refractivity contribution in [2.75, 3.05) is 31.1 Å². The molecule has 1 aliphatic carbocycles. The second-order valence-electron chi connectivity index (χ2n) is 6.48. The number of hydrogen-bond donors (Lipinski definition) is 0. The Kier molecular flexibility index (Phi) is 4.17. The smallest absolute Gasteiger partial charge is 0.234 e. The Morgan fingerprint density at radius 2 is 1.88 bits per heavy atom. The zero-order valence-corrected chi connectivity index (χ0v) is 14.2. The first-order valence-corrected chi connectivity index (χ1v) is 8.73. The molecule has 0 unspecified atom stereocenters. The van der Waals surface area contributed by atoms with E-state index in [0.717, 1.165) is 56.5 Å². The van der Waals surface area contributed by atoms with Gasteiger partial charge >= 0.3 is 0 Å². The molecule has 24 heavy (non-hydrogen) atoms. The van der Waals surface area contributed by atoms with E-state index in [1.807, 2.05) is 12.1 Å². The minimum atomic E-state index is 0.428. The monoisotopic (exact) mass is 342 g/mol. The molecule has 0 radical (unpaired) electrons. The van der Waals surface area contributed by atoms with E-state index in [-0.39, 0.29) is 0 Å². The van der Waals surface area contributed by atoms with Crippen LogP contribution in [-0.4, -0.2) is 36.1 Å². The molecule has 2 fully saturated rings. The number of anilines is 1. The highest BCUT2D eigenvalue weighted by Gasteiger charge is 2.32.